The molecule has 11 heteroatoms. The minimum absolute atomic E-state index is 0.216. The molecule has 0 radical (unpaired) electrons. The summed E-state index contributed by atoms with van der Waals surface area (Å²) in [5.41, 5.74) is 2.26. The van der Waals surface area contributed by atoms with Gasteiger partial charge in [0.05, 0.1) is 39.6 Å². The highest BCUT2D eigenvalue weighted by Crippen LogP contribution is 2.33. The van der Waals surface area contributed by atoms with Crippen molar-refractivity contribution in [3.63, 3.8) is 0 Å². The van der Waals surface area contributed by atoms with Gasteiger partial charge in [0.25, 0.3) is 17.2 Å². The average Bonchev–Trinajstić information content (AvgIpc) is 3.36. The molecule has 1 N–H and O–H groups in total. The highest BCUT2D eigenvalue weighted by Gasteiger charge is 2.21. The Bertz CT molecular complexity index is 1760. The van der Waals surface area contributed by atoms with Gasteiger partial charge in [0.15, 0.2) is 0 Å². The summed E-state index contributed by atoms with van der Waals surface area (Å²) in [6.07, 6.45) is 1.41. The van der Waals surface area contributed by atoms with Crippen molar-refractivity contribution in [2.45, 2.75) is 20.8 Å². The van der Waals surface area contributed by atoms with Crippen LogP contribution in [0.5, 0.6) is 0 Å². The lowest BCUT2D eigenvalue weighted by molar-refractivity contribution is 0.102. The molecule has 5 heterocycles. The average molecular weight is 477 g/mol. The number of amides is 1. The van der Waals surface area contributed by atoms with E-state index in [1.165, 1.54) is 30.9 Å². The van der Waals surface area contributed by atoms with Gasteiger partial charge in [-0.2, -0.15) is 0 Å². The van der Waals surface area contributed by atoms with Crippen LogP contribution in [-0.4, -0.2) is 30.2 Å². The second kappa shape index (κ2) is 7.73. The van der Waals surface area contributed by atoms with Gasteiger partial charge in [0.1, 0.15) is 5.65 Å². The highest BCUT2D eigenvalue weighted by atomic mass is 32.1. The van der Waals surface area contributed by atoms with E-state index >= 15 is 0 Å². The van der Waals surface area contributed by atoms with Crippen LogP contribution >= 0.6 is 11.3 Å². The predicted molar refractivity (Wildman–Crippen MR) is 130 cm³/mol. The number of thiophene rings is 1. The molecule has 0 unspecified atom stereocenters. The zero-order valence-corrected chi connectivity index (χ0v) is 19.9. The van der Waals surface area contributed by atoms with E-state index in [1.807, 2.05) is 19.9 Å². The Kier molecular flexibility index (Phi) is 4.94. The molecule has 0 aromatic carbocycles. The molecule has 1 amide bonds. The fourth-order valence-electron chi connectivity index (χ4n) is 4.03. The fourth-order valence-corrected chi connectivity index (χ4v) is 4.96. The number of carbonyl (C=O) groups excluding carboxylic acids is 1. The maximum absolute atomic E-state index is 13.4. The number of pyridine rings is 2. The number of rotatable bonds is 3. The van der Waals surface area contributed by atoms with Gasteiger partial charge in [-0.1, -0.05) is 5.16 Å². The van der Waals surface area contributed by atoms with Gasteiger partial charge in [0.2, 0.25) is 0 Å². The van der Waals surface area contributed by atoms with Crippen molar-refractivity contribution in [2.75, 3.05) is 5.32 Å². The van der Waals surface area contributed by atoms with E-state index in [4.69, 9.17) is 4.52 Å². The Morgan fingerprint density at radius 1 is 1.09 bits per heavy atom. The molecule has 172 valence electrons. The molecule has 0 saturated heterocycles. The van der Waals surface area contributed by atoms with Crippen molar-refractivity contribution in [3.05, 3.63) is 66.2 Å². The summed E-state index contributed by atoms with van der Waals surface area (Å²) < 4.78 is 7.67. The number of fused-ring (bicyclic) bond motifs is 2. The van der Waals surface area contributed by atoms with Crippen molar-refractivity contribution in [1.82, 2.24) is 24.3 Å². The van der Waals surface area contributed by atoms with Crippen molar-refractivity contribution in [3.8, 4) is 11.3 Å². The van der Waals surface area contributed by atoms with Gasteiger partial charge in [-0.15, -0.1) is 11.3 Å². The lowest BCUT2D eigenvalue weighted by Crippen LogP contribution is -2.37. The third-order valence-electron chi connectivity index (χ3n) is 5.73. The fraction of sp³-hybridized carbons (Fsp3) is 0.217. The number of nitrogens with one attached hydrogen (secondary N) is 1. The molecule has 0 fully saturated rings. The molecule has 5 aromatic heterocycles. The third-order valence-corrected chi connectivity index (χ3v) is 6.70. The molecule has 0 aliphatic rings. The predicted octanol–water partition coefficient (Wildman–Crippen LogP) is 3.07. The van der Waals surface area contributed by atoms with E-state index in [-0.39, 0.29) is 16.7 Å². The van der Waals surface area contributed by atoms with Crippen LogP contribution in [0.15, 0.2) is 38.5 Å². The number of hydrogen-bond donors (Lipinski definition) is 1. The normalized spacial score (nSPS) is 11.4. The van der Waals surface area contributed by atoms with Crippen LogP contribution in [0.25, 0.3) is 33.4 Å². The van der Waals surface area contributed by atoms with E-state index in [9.17, 15) is 14.4 Å². The SMILES string of the molecule is Cc1cc(-c2cc(C(=O)Nc3cnc4c(c3)c(=O)n(C)c(=O)n4C)c3c(C)noc3n2)c(C)s1. The van der Waals surface area contributed by atoms with Gasteiger partial charge in [-0.05, 0) is 39.0 Å². The van der Waals surface area contributed by atoms with Crippen molar-refractivity contribution in [2.24, 2.45) is 14.1 Å². The lowest BCUT2D eigenvalue weighted by Gasteiger charge is -2.10. The summed E-state index contributed by atoms with van der Waals surface area (Å²) in [5, 5.41) is 7.52. The number of aromatic nitrogens is 5. The van der Waals surface area contributed by atoms with Crippen LogP contribution in [-0.2, 0) is 14.1 Å². The number of nitrogens with zero attached hydrogens (tertiary/aromatic N) is 5. The molecule has 5 aromatic rings. The first kappa shape index (κ1) is 21.7. The third kappa shape index (κ3) is 3.32. The Labute approximate surface area is 196 Å². The van der Waals surface area contributed by atoms with Crippen molar-refractivity contribution >= 4 is 45.1 Å². The second-order valence-electron chi connectivity index (χ2n) is 8.09. The summed E-state index contributed by atoms with van der Waals surface area (Å²) in [6, 6.07) is 5.24. The van der Waals surface area contributed by atoms with E-state index in [2.05, 4.69) is 20.4 Å². The molecule has 5 rings (SSSR count). The zero-order chi connectivity index (χ0) is 24.3. The molecular weight excluding hydrogens is 456 g/mol. The quantitative estimate of drug-likeness (QED) is 0.424. The van der Waals surface area contributed by atoms with E-state index in [1.54, 1.807) is 24.3 Å². The van der Waals surface area contributed by atoms with Gasteiger partial charge in [-0.3, -0.25) is 18.7 Å². The molecule has 0 aliphatic carbocycles. The first-order valence-corrected chi connectivity index (χ1v) is 11.2. The van der Waals surface area contributed by atoms with Crippen molar-refractivity contribution < 1.29 is 9.32 Å². The smallest absolute Gasteiger partial charge is 0.332 e. The monoisotopic (exact) mass is 476 g/mol. The van der Waals surface area contributed by atoms with Crippen molar-refractivity contribution in [1.29, 1.82) is 0 Å². The van der Waals surface area contributed by atoms with Gasteiger partial charge < -0.3 is 9.84 Å². The van der Waals surface area contributed by atoms with Crippen LogP contribution in [0.1, 0.15) is 25.8 Å². The van der Waals surface area contributed by atoms with Gasteiger partial charge >= 0.3 is 5.69 Å². The standard InChI is InChI=1S/C23H20N6O4S/c1-10-6-14(12(3)34-10)17-8-15(18-11(2)27-33-21(18)26-17)20(30)25-13-7-16-19(24-9-13)28(4)23(32)29(5)22(16)31/h6-9H,1-5H3,(H,25,30). The molecule has 0 aliphatic heterocycles. The molecule has 10 nitrogen and oxygen atoms in total. The minimum Gasteiger partial charge on any atom is -0.335 e. The molecular formula is C23H20N6O4S. The van der Waals surface area contributed by atoms with Crippen LogP contribution in [0.4, 0.5) is 5.69 Å². The minimum atomic E-state index is -0.492. The van der Waals surface area contributed by atoms with E-state index < -0.39 is 17.2 Å². The molecule has 0 atom stereocenters. The highest BCUT2D eigenvalue weighted by molar-refractivity contribution is 7.12. The van der Waals surface area contributed by atoms with Crippen LogP contribution in [0.3, 0.4) is 0 Å². The maximum atomic E-state index is 13.4. The summed E-state index contributed by atoms with van der Waals surface area (Å²) in [5.74, 6) is -0.424. The summed E-state index contributed by atoms with van der Waals surface area (Å²) in [7, 11) is 2.93. The Morgan fingerprint density at radius 3 is 2.56 bits per heavy atom. The first-order valence-electron chi connectivity index (χ1n) is 10.4. The number of hydrogen-bond acceptors (Lipinski definition) is 8. The summed E-state index contributed by atoms with van der Waals surface area (Å²) in [6.45, 7) is 5.75. The van der Waals surface area contributed by atoms with Gasteiger partial charge in [0, 0.05) is 29.4 Å². The van der Waals surface area contributed by atoms with Gasteiger partial charge in [-0.25, -0.2) is 14.8 Å². The van der Waals surface area contributed by atoms with Crippen LogP contribution < -0.4 is 16.6 Å². The first-order chi connectivity index (χ1) is 16.2. The second-order valence-corrected chi connectivity index (χ2v) is 9.55. The van der Waals surface area contributed by atoms with Crippen LogP contribution in [0, 0.1) is 20.8 Å². The Hall–Kier alpha value is -4.12. The largest absolute Gasteiger partial charge is 0.335 e. The summed E-state index contributed by atoms with van der Waals surface area (Å²) >= 11 is 1.65. The molecule has 0 saturated carbocycles. The molecule has 0 bridgehead atoms. The zero-order valence-electron chi connectivity index (χ0n) is 19.1. The number of anilines is 1. The van der Waals surface area contributed by atoms with Crippen LogP contribution in [0.2, 0.25) is 0 Å². The molecule has 34 heavy (non-hydrogen) atoms. The lowest BCUT2D eigenvalue weighted by atomic mass is 10.1. The Morgan fingerprint density at radius 2 is 1.85 bits per heavy atom. The Balaban J connectivity index is 1.62. The number of aryl methyl sites for hydroxylation is 4. The van der Waals surface area contributed by atoms with E-state index in [0.717, 1.165) is 19.9 Å². The topological polar surface area (TPSA) is 125 Å². The maximum Gasteiger partial charge on any atom is 0.332 e. The summed E-state index contributed by atoms with van der Waals surface area (Å²) in [4.78, 5) is 49.2. The molecule has 0 spiro atoms. The van der Waals surface area contributed by atoms with E-state index in [0.29, 0.717) is 28.0 Å². The number of carbonyl (C=O) groups is 1.